The van der Waals surface area contributed by atoms with E-state index in [4.69, 9.17) is 9.47 Å². The van der Waals surface area contributed by atoms with Crippen LogP contribution in [0, 0.1) is 0 Å². The summed E-state index contributed by atoms with van der Waals surface area (Å²) in [6.45, 7) is 5.24. The molecule has 0 atom stereocenters. The lowest BCUT2D eigenvalue weighted by Crippen LogP contribution is -2.13. The number of unbranched alkanes of at least 4 members (excludes halogenated alkanes) is 16. The van der Waals surface area contributed by atoms with Crippen LogP contribution < -0.4 is 0 Å². The molecule has 0 radical (unpaired) electrons. The lowest BCUT2D eigenvalue weighted by molar-refractivity contribution is 0.0482. The van der Waals surface area contributed by atoms with Gasteiger partial charge in [-0.2, -0.15) is 0 Å². The Morgan fingerprint density at radius 1 is 0.559 bits per heavy atom. The van der Waals surface area contributed by atoms with Crippen molar-refractivity contribution in [3.63, 3.8) is 0 Å². The number of carbonyl (C=O) groups is 2. The van der Waals surface area contributed by atoms with Crippen molar-refractivity contribution in [1.82, 2.24) is 4.98 Å². The maximum Gasteiger partial charge on any atom is 0.356 e. The first-order chi connectivity index (χ1) is 16.7. The number of esters is 2. The lowest BCUT2D eigenvalue weighted by Gasteiger charge is -2.07. The number of pyridine rings is 1. The Labute approximate surface area is 208 Å². The Balaban J connectivity index is 2.12. The topological polar surface area (TPSA) is 65.5 Å². The second-order valence-electron chi connectivity index (χ2n) is 9.34. The summed E-state index contributed by atoms with van der Waals surface area (Å²) in [4.78, 5) is 28.6. The van der Waals surface area contributed by atoms with Gasteiger partial charge in [-0.1, -0.05) is 123 Å². The van der Waals surface area contributed by atoms with Crippen molar-refractivity contribution in [1.29, 1.82) is 0 Å². The van der Waals surface area contributed by atoms with Crippen molar-refractivity contribution in [2.75, 3.05) is 13.2 Å². The van der Waals surface area contributed by atoms with Gasteiger partial charge in [-0.25, -0.2) is 14.6 Å². The Morgan fingerprint density at radius 2 is 0.882 bits per heavy atom. The van der Waals surface area contributed by atoms with Crippen molar-refractivity contribution in [2.45, 2.75) is 129 Å². The molecule has 0 aliphatic carbocycles. The Hall–Kier alpha value is -1.91. The number of hydrogen-bond acceptors (Lipinski definition) is 5. The SMILES string of the molecule is CCCCCCCCCCCCCOC(=O)c1cccc(C(=O)OCCCCCCCCC)n1. The summed E-state index contributed by atoms with van der Waals surface area (Å²) in [7, 11) is 0. The fourth-order valence-corrected chi connectivity index (χ4v) is 3.97. The minimum absolute atomic E-state index is 0.159. The monoisotopic (exact) mass is 475 g/mol. The zero-order chi connectivity index (χ0) is 24.7. The van der Waals surface area contributed by atoms with E-state index in [1.165, 1.54) is 89.9 Å². The van der Waals surface area contributed by atoms with Gasteiger partial charge in [-0.05, 0) is 25.0 Å². The molecule has 0 unspecified atom stereocenters. The summed E-state index contributed by atoms with van der Waals surface area (Å²) in [6.07, 6.45) is 21.9. The average molecular weight is 476 g/mol. The molecule has 0 aromatic carbocycles. The molecule has 1 heterocycles. The van der Waals surface area contributed by atoms with E-state index in [1.807, 2.05) is 0 Å². The third-order valence-electron chi connectivity index (χ3n) is 6.13. The normalized spacial score (nSPS) is 10.9. The standard InChI is InChI=1S/C29H49NO4/c1-3-5-7-9-11-12-13-14-16-18-20-25-34-29(32)27-23-21-22-26(30-27)28(31)33-24-19-17-15-10-8-6-4-2/h21-23H,3-20,24-25H2,1-2H3. The minimum Gasteiger partial charge on any atom is -0.461 e. The maximum absolute atomic E-state index is 12.3. The molecule has 5 nitrogen and oxygen atoms in total. The Morgan fingerprint density at radius 3 is 1.24 bits per heavy atom. The van der Waals surface area contributed by atoms with Gasteiger partial charge < -0.3 is 9.47 Å². The summed E-state index contributed by atoms with van der Waals surface area (Å²) in [6, 6.07) is 4.81. The fourth-order valence-electron chi connectivity index (χ4n) is 3.97. The van der Waals surface area contributed by atoms with Crippen LogP contribution >= 0.6 is 0 Å². The number of rotatable bonds is 22. The highest BCUT2D eigenvalue weighted by molar-refractivity contribution is 5.91. The second kappa shape index (κ2) is 21.6. The summed E-state index contributed by atoms with van der Waals surface area (Å²) in [5.74, 6) is -0.959. The number of hydrogen-bond donors (Lipinski definition) is 0. The van der Waals surface area contributed by atoms with Gasteiger partial charge in [0.05, 0.1) is 13.2 Å². The van der Waals surface area contributed by atoms with Crippen LogP contribution in [0.5, 0.6) is 0 Å². The summed E-state index contributed by atoms with van der Waals surface area (Å²) >= 11 is 0. The molecule has 0 fully saturated rings. The number of carbonyl (C=O) groups excluding carboxylic acids is 2. The number of aromatic nitrogens is 1. The molecule has 0 bridgehead atoms. The first-order valence-electron chi connectivity index (χ1n) is 14.0. The second-order valence-corrected chi connectivity index (χ2v) is 9.34. The van der Waals surface area contributed by atoms with Crippen LogP contribution in [0.4, 0.5) is 0 Å². The quantitative estimate of drug-likeness (QED) is 0.124. The Kier molecular flexibility index (Phi) is 19.1. The molecule has 0 amide bonds. The molecule has 0 aliphatic rings. The third-order valence-corrected chi connectivity index (χ3v) is 6.13. The largest absolute Gasteiger partial charge is 0.461 e. The van der Waals surface area contributed by atoms with Gasteiger partial charge in [-0.3, -0.25) is 0 Å². The predicted octanol–water partition coefficient (Wildman–Crippen LogP) is 8.46. The van der Waals surface area contributed by atoms with Crippen LogP contribution in [0.25, 0.3) is 0 Å². The smallest absolute Gasteiger partial charge is 0.356 e. The first kappa shape index (κ1) is 30.1. The van der Waals surface area contributed by atoms with Crippen molar-refractivity contribution >= 4 is 11.9 Å². The van der Waals surface area contributed by atoms with E-state index in [-0.39, 0.29) is 11.4 Å². The van der Waals surface area contributed by atoms with E-state index < -0.39 is 11.9 Å². The molecule has 1 aromatic heterocycles. The molecule has 0 saturated heterocycles. The molecule has 5 heteroatoms. The fraction of sp³-hybridized carbons (Fsp3) is 0.759. The molecule has 194 valence electrons. The molecule has 0 aliphatic heterocycles. The highest BCUT2D eigenvalue weighted by atomic mass is 16.5. The lowest BCUT2D eigenvalue weighted by atomic mass is 10.1. The summed E-state index contributed by atoms with van der Waals surface area (Å²) < 4.78 is 10.7. The van der Waals surface area contributed by atoms with Crippen molar-refractivity contribution < 1.29 is 19.1 Å². The van der Waals surface area contributed by atoms with Crippen LogP contribution in [0.3, 0.4) is 0 Å². The van der Waals surface area contributed by atoms with E-state index in [9.17, 15) is 9.59 Å². The van der Waals surface area contributed by atoms with Gasteiger partial charge in [0.25, 0.3) is 0 Å². The van der Waals surface area contributed by atoms with Crippen molar-refractivity contribution in [3.8, 4) is 0 Å². The highest BCUT2D eigenvalue weighted by Gasteiger charge is 2.14. The zero-order valence-electron chi connectivity index (χ0n) is 22.0. The molecule has 0 spiro atoms. The number of ether oxygens (including phenoxy) is 2. The summed E-state index contributed by atoms with van der Waals surface area (Å²) in [5.41, 5.74) is 0.320. The summed E-state index contributed by atoms with van der Waals surface area (Å²) in [5, 5.41) is 0. The van der Waals surface area contributed by atoms with E-state index >= 15 is 0 Å². The van der Waals surface area contributed by atoms with Crippen LogP contribution in [-0.4, -0.2) is 30.1 Å². The maximum atomic E-state index is 12.3. The van der Waals surface area contributed by atoms with Crippen molar-refractivity contribution in [3.05, 3.63) is 29.6 Å². The molecule has 1 aromatic rings. The molecule has 1 rings (SSSR count). The first-order valence-corrected chi connectivity index (χ1v) is 14.0. The molecule has 0 N–H and O–H groups in total. The molecular weight excluding hydrogens is 426 g/mol. The van der Waals surface area contributed by atoms with E-state index in [0.29, 0.717) is 13.2 Å². The van der Waals surface area contributed by atoms with Crippen LogP contribution in [-0.2, 0) is 9.47 Å². The zero-order valence-corrected chi connectivity index (χ0v) is 22.0. The minimum atomic E-state index is -0.481. The highest BCUT2D eigenvalue weighted by Crippen LogP contribution is 2.12. The van der Waals surface area contributed by atoms with Gasteiger partial charge in [0.15, 0.2) is 0 Å². The number of nitrogens with zero attached hydrogens (tertiary/aromatic N) is 1. The van der Waals surface area contributed by atoms with Gasteiger partial charge in [-0.15, -0.1) is 0 Å². The third kappa shape index (κ3) is 15.8. The average Bonchev–Trinajstić information content (AvgIpc) is 2.86. The predicted molar refractivity (Wildman–Crippen MR) is 139 cm³/mol. The van der Waals surface area contributed by atoms with E-state index in [0.717, 1.165) is 25.7 Å². The van der Waals surface area contributed by atoms with Crippen molar-refractivity contribution in [2.24, 2.45) is 0 Å². The van der Waals surface area contributed by atoms with Gasteiger partial charge in [0.1, 0.15) is 11.4 Å². The molecule has 0 saturated carbocycles. The van der Waals surface area contributed by atoms with Crippen LogP contribution in [0.2, 0.25) is 0 Å². The van der Waals surface area contributed by atoms with Crippen LogP contribution in [0.15, 0.2) is 18.2 Å². The molecular formula is C29H49NO4. The van der Waals surface area contributed by atoms with Crippen LogP contribution in [0.1, 0.15) is 150 Å². The van der Waals surface area contributed by atoms with Gasteiger partial charge >= 0.3 is 11.9 Å². The van der Waals surface area contributed by atoms with Gasteiger partial charge in [0.2, 0.25) is 0 Å². The van der Waals surface area contributed by atoms with Gasteiger partial charge in [0, 0.05) is 0 Å². The Bertz CT molecular complexity index is 647. The van der Waals surface area contributed by atoms with E-state index in [1.54, 1.807) is 18.2 Å². The van der Waals surface area contributed by atoms with E-state index in [2.05, 4.69) is 18.8 Å². The molecule has 34 heavy (non-hydrogen) atoms.